The zero-order valence-electron chi connectivity index (χ0n) is 15.4. The summed E-state index contributed by atoms with van der Waals surface area (Å²) in [5, 5.41) is 58.4. The highest BCUT2D eigenvalue weighted by Crippen LogP contribution is 2.31. The third-order valence-electron chi connectivity index (χ3n) is 4.20. The molecule has 18 nitrogen and oxygen atoms in total. The maximum Gasteiger partial charge on any atom is 0.397 e. The van der Waals surface area contributed by atoms with Crippen molar-refractivity contribution in [1.82, 2.24) is 4.72 Å². The van der Waals surface area contributed by atoms with E-state index in [1.54, 1.807) is 0 Å². The summed E-state index contributed by atoms with van der Waals surface area (Å²) in [6.45, 7) is -1.02. The van der Waals surface area contributed by atoms with Crippen molar-refractivity contribution >= 4 is 26.7 Å². The van der Waals surface area contributed by atoms with E-state index >= 15 is 0 Å². The van der Waals surface area contributed by atoms with Crippen LogP contribution < -0.4 is 4.72 Å². The summed E-state index contributed by atoms with van der Waals surface area (Å²) in [6.07, 6.45) is -15.2. The van der Waals surface area contributed by atoms with Crippen molar-refractivity contribution in [2.45, 2.75) is 49.1 Å². The molecule has 9 N–H and O–H groups in total. The van der Waals surface area contributed by atoms with Gasteiger partial charge >= 0.3 is 26.7 Å². The number of ether oxygens (including phenoxy) is 3. The van der Waals surface area contributed by atoms with Crippen LogP contribution in [0.5, 0.6) is 0 Å². The van der Waals surface area contributed by atoms with E-state index in [-0.39, 0.29) is 0 Å². The van der Waals surface area contributed by atoms with Gasteiger partial charge in [0, 0.05) is 0 Å². The van der Waals surface area contributed by atoms with E-state index in [0.717, 1.165) is 0 Å². The van der Waals surface area contributed by atoms with Gasteiger partial charge in [-0.05, 0) is 0 Å². The second-order valence-electron chi connectivity index (χ2n) is 6.40. The van der Waals surface area contributed by atoms with Crippen molar-refractivity contribution < 1.29 is 79.8 Å². The molecule has 1 saturated heterocycles. The lowest BCUT2D eigenvalue weighted by atomic mass is 9.97. The molecule has 2 rings (SSSR count). The van der Waals surface area contributed by atoms with Crippen LogP contribution in [0.25, 0.3) is 0 Å². The third kappa shape index (κ3) is 6.21. The summed E-state index contributed by atoms with van der Waals surface area (Å²) >= 11 is 0. The minimum absolute atomic E-state index is 1.02. The van der Waals surface area contributed by atoms with Crippen LogP contribution in [-0.4, -0.2) is 118 Å². The van der Waals surface area contributed by atoms with E-state index in [1.807, 2.05) is 0 Å². The predicted molar refractivity (Wildman–Crippen MR) is 91.9 cm³/mol. The Bertz CT molecular complexity index is 947. The molecule has 2 aliphatic rings. The van der Waals surface area contributed by atoms with E-state index in [9.17, 15) is 47.2 Å². The van der Waals surface area contributed by atoms with Gasteiger partial charge in [-0.15, -0.1) is 0 Å². The molecular formula is C12H19NO17S2. The number of carboxylic acids is 1. The molecule has 20 heteroatoms. The average Bonchev–Trinajstić information content (AvgIpc) is 2.64. The molecule has 0 radical (unpaired) electrons. The fraction of sp³-hybridized carbons (Fsp3) is 0.750. The lowest BCUT2D eigenvalue weighted by molar-refractivity contribution is -0.306. The van der Waals surface area contributed by atoms with E-state index in [2.05, 4.69) is 4.18 Å². The van der Waals surface area contributed by atoms with E-state index < -0.39 is 93.9 Å². The van der Waals surface area contributed by atoms with Gasteiger partial charge in [-0.2, -0.15) is 21.6 Å². The molecular weight excluding hydrogens is 494 g/mol. The van der Waals surface area contributed by atoms with Crippen LogP contribution >= 0.6 is 0 Å². The zero-order chi connectivity index (χ0) is 24.6. The molecule has 32 heavy (non-hydrogen) atoms. The molecule has 0 spiro atoms. The molecule has 2 heterocycles. The Labute approximate surface area is 179 Å². The van der Waals surface area contributed by atoms with Gasteiger partial charge in [0.15, 0.2) is 18.2 Å². The van der Waals surface area contributed by atoms with E-state index in [1.165, 1.54) is 4.72 Å². The number of rotatable bonds is 8. The van der Waals surface area contributed by atoms with Crippen LogP contribution in [0, 0.1) is 0 Å². The molecule has 0 amide bonds. The number of nitrogens with one attached hydrogen (secondary N) is 1. The summed E-state index contributed by atoms with van der Waals surface area (Å²) in [7, 11) is -10.4. The van der Waals surface area contributed by atoms with Gasteiger partial charge in [0.25, 0.3) is 0 Å². The van der Waals surface area contributed by atoms with Gasteiger partial charge in [-0.25, -0.2) is 8.98 Å². The molecule has 0 saturated carbocycles. The molecule has 0 unspecified atom stereocenters. The lowest BCUT2D eigenvalue weighted by Crippen LogP contribution is -2.66. The van der Waals surface area contributed by atoms with Crippen molar-refractivity contribution in [2.75, 3.05) is 6.61 Å². The minimum Gasteiger partial charge on any atom is -0.506 e. The van der Waals surface area contributed by atoms with Gasteiger partial charge in [0.1, 0.15) is 30.5 Å². The maximum absolute atomic E-state index is 11.2. The van der Waals surface area contributed by atoms with Gasteiger partial charge in [0.05, 0.1) is 6.61 Å². The Hall–Kier alpha value is -1.69. The first-order valence-electron chi connectivity index (χ1n) is 8.25. The van der Waals surface area contributed by atoms with Crippen LogP contribution in [0.4, 0.5) is 0 Å². The maximum atomic E-state index is 11.2. The van der Waals surface area contributed by atoms with E-state index in [4.69, 9.17) is 28.4 Å². The minimum atomic E-state index is -5.38. The monoisotopic (exact) mass is 513 g/mol. The molecule has 0 aromatic carbocycles. The van der Waals surface area contributed by atoms with Gasteiger partial charge < -0.3 is 44.8 Å². The quantitative estimate of drug-likeness (QED) is 0.137. The summed E-state index contributed by atoms with van der Waals surface area (Å²) in [4.78, 5) is 11.2. The Morgan fingerprint density at radius 1 is 1.09 bits per heavy atom. The lowest BCUT2D eigenvalue weighted by Gasteiger charge is -2.44. The van der Waals surface area contributed by atoms with Gasteiger partial charge in [-0.1, -0.05) is 0 Å². The predicted octanol–water partition coefficient (Wildman–Crippen LogP) is -5.04. The highest BCUT2D eigenvalue weighted by atomic mass is 32.3. The SMILES string of the molecule is O=C(O)C1=C(O)[C@H](O)[C@@H](OS(=O)(=O)O)[C@@H](O[C@H]2[C@H](O)[C@@H](NS(=O)(=O)O)[C@H](O)O[C@@H]2CO)O1. The first-order valence-corrected chi connectivity index (χ1v) is 11.1. The molecule has 0 aliphatic carbocycles. The van der Waals surface area contributed by atoms with Gasteiger partial charge in [-0.3, -0.25) is 9.11 Å². The van der Waals surface area contributed by atoms with Gasteiger partial charge in [0.2, 0.25) is 12.0 Å². The number of carbonyl (C=O) groups is 1. The van der Waals surface area contributed by atoms with Crippen molar-refractivity contribution in [3.8, 4) is 0 Å². The number of carboxylic acid groups (broad SMARTS) is 1. The van der Waals surface area contributed by atoms with Crippen LogP contribution in [-0.2, 0) is 43.9 Å². The second-order valence-corrected chi connectivity index (χ2v) is 8.63. The number of hydrogen-bond acceptors (Lipinski definition) is 14. The highest BCUT2D eigenvalue weighted by molar-refractivity contribution is 7.83. The van der Waals surface area contributed by atoms with Crippen molar-refractivity contribution in [1.29, 1.82) is 0 Å². The molecule has 0 aromatic heterocycles. The Morgan fingerprint density at radius 3 is 2.16 bits per heavy atom. The summed E-state index contributed by atoms with van der Waals surface area (Å²) in [5.74, 6) is -4.75. The fourth-order valence-electron chi connectivity index (χ4n) is 2.89. The van der Waals surface area contributed by atoms with Crippen molar-refractivity contribution in [3.63, 3.8) is 0 Å². The fourth-order valence-corrected chi connectivity index (χ4v) is 3.97. The van der Waals surface area contributed by atoms with Crippen LogP contribution in [0.15, 0.2) is 11.5 Å². The van der Waals surface area contributed by atoms with Crippen molar-refractivity contribution in [2.24, 2.45) is 0 Å². The van der Waals surface area contributed by atoms with E-state index in [0.29, 0.717) is 0 Å². The first kappa shape index (κ1) is 26.6. The zero-order valence-corrected chi connectivity index (χ0v) is 17.0. The molecule has 0 aromatic rings. The van der Waals surface area contributed by atoms with Crippen molar-refractivity contribution in [3.05, 3.63) is 11.5 Å². The third-order valence-corrected chi connectivity index (χ3v) is 5.24. The Morgan fingerprint density at radius 2 is 1.69 bits per heavy atom. The first-order chi connectivity index (χ1) is 14.6. The summed E-state index contributed by atoms with van der Waals surface area (Å²) in [6, 6.07) is -2.03. The summed E-state index contributed by atoms with van der Waals surface area (Å²) < 4.78 is 82.3. The topological polar surface area (TPSA) is 296 Å². The Kier molecular flexibility index (Phi) is 8.02. The normalized spacial score (nSPS) is 36.6. The number of hydrogen-bond donors (Lipinski definition) is 9. The number of aliphatic carboxylic acids is 1. The average molecular weight is 513 g/mol. The smallest absolute Gasteiger partial charge is 0.397 e. The Balaban J connectivity index is 2.42. The molecule has 2 aliphatic heterocycles. The molecule has 186 valence electrons. The van der Waals surface area contributed by atoms with Crippen LogP contribution in [0.1, 0.15) is 0 Å². The molecule has 8 atom stereocenters. The number of aliphatic hydroxyl groups is 5. The van der Waals surface area contributed by atoms with Crippen LogP contribution in [0.3, 0.4) is 0 Å². The molecule has 0 bridgehead atoms. The standard InChI is InChI=1S/C12H19NO17S2/c14-1-2-7(4(15)3(11(20)27-2)13-31(21,22)23)28-12-9(30-32(24,25)26)6(17)5(16)8(29-12)10(18)19/h2-4,6-7,9,11-17,20H,1H2,(H,18,19)(H,21,22,23)(H,24,25,26)/t2-,3-,4-,6+,7-,9-,11-,12+/m1/s1. The summed E-state index contributed by atoms with van der Waals surface area (Å²) in [5.41, 5.74) is 0. The largest absolute Gasteiger partial charge is 0.506 e. The molecule has 1 fully saturated rings. The second kappa shape index (κ2) is 9.66. The number of aliphatic hydroxyl groups excluding tert-OH is 5. The van der Waals surface area contributed by atoms with Crippen LogP contribution in [0.2, 0.25) is 0 Å². The highest BCUT2D eigenvalue weighted by Gasteiger charge is 2.52.